The predicted octanol–water partition coefficient (Wildman–Crippen LogP) is 3.58. The second kappa shape index (κ2) is 5.53. The van der Waals surface area contributed by atoms with Crippen molar-refractivity contribution in [3.05, 3.63) is 51.7 Å². The maximum absolute atomic E-state index is 12.8. The summed E-state index contributed by atoms with van der Waals surface area (Å²) < 4.78 is 0. The predicted molar refractivity (Wildman–Crippen MR) is 87.4 cm³/mol. The fourth-order valence-electron chi connectivity index (χ4n) is 3.03. The van der Waals surface area contributed by atoms with E-state index in [4.69, 9.17) is 5.73 Å². The maximum Gasteiger partial charge on any atom is 0.230 e. The van der Waals surface area contributed by atoms with Crippen molar-refractivity contribution in [2.24, 2.45) is 0 Å². The van der Waals surface area contributed by atoms with Crippen LogP contribution in [0.25, 0.3) is 0 Å². The van der Waals surface area contributed by atoms with Crippen molar-refractivity contribution in [2.75, 3.05) is 12.3 Å². The Labute approximate surface area is 129 Å². The summed E-state index contributed by atoms with van der Waals surface area (Å²) in [4.78, 5) is 16.3. The molecule has 0 bridgehead atoms. The Morgan fingerprint density at radius 3 is 3.00 bits per heavy atom. The topological polar surface area (TPSA) is 46.3 Å². The van der Waals surface area contributed by atoms with Crippen molar-refractivity contribution in [3.63, 3.8) is 0 Å². The van der Waals surface area contributed by atoms with Crippen LogP contribution < -0.4 is 5.73 Å². The normalized spacial score (nSPS) is 19.1. The van der Waals surface area contributed by atoms with E-state index in [9.17, 15) is 4.79 Å². The Morgan fingerprint density at radius 2 is 2.24 bits per heavy atom. The SMILES string of the molecule is CC(C(=O)N1CCc2sccc2C1C)c1cccc(N)c1. The van der Waals surface area contributed by atoms with Gasteiger partial charge in [-0.15, -0.1) is 11.3 Å². The molecule has 0 saturated carbocycles. The van der Waals surface area contributed by atoms with Crippen LogP contribution in [0.15, 0.2) is 35.7 Å². The van der Waals surface area contributed by atoms with Gasteiger partial charge in [0.25, 0.3) is 0 Å². The van der Waals surface area contributed by atoms with E-state index in [-0.39, 0.29) is 17.9 Å². The standard InChI is InChI=1S/C17H20N2OS/c1-11(13-4-3-5-14(18)10-13)17(20)19-8-6-16-15(12(19)2)7-9-21-16/h3-5,7,9-12H,6,8,18H2,1-2H3. The lowest BCUT2D eigenvalue weighted by Gasteiger charge is -2.35. The second-order valence-corrected chi connectivity index (χ2v) is 6.65. The number of nitrogens with two attached hydrogens (primary N) is 1. The highest BCUT2D eigenvalue weighted by Gasteiger charge is 2.31. The molecule has 1 aliphatic heterocycles. The first-order valence-corrected chi connectivity index (χ1v) is 8.18. The van der Waals surface area contributed by atoms with E-state index < -0.39 is 0 Å². The summed E-state index contributed by atoms with van der Waals surface area (Å²) in [5.41, 5.74) is 8.83. The van der Waals surface area contributed by atoms with Gasteiger partial charge in [0.1, 0.15) is 0 Å². The van der Waals surface area contributed by atoms with E-state index in [0.717, 1.165) is 18.5 Å². The van der Waals surface area contributed by atoms with Crippen LogP contribution in [0.1, 0.15) is 41.8 Å². The van der Waals surface area contributed by atoms with Crippen LogP contribution in [-0.2, 0) is 11.2 Å². The van der Waals surface area contributed by atoms with Gasteiger partial charge in [-0.1, -0.05) is 12.1 Å². The molecule has 4 heteroatoms. The summed E-state index contributed by atoms with van der Waals surface area (Å²) >= 11 is 1.80. The molecule has 2 heterocycles. The van der Waals surface area contributed by atoms with Gasteiger partial charge in [0.2, 0.25) is 5.91 Å². The summed E-state index contributed by atoms with van der Waals surface area (Å²) in [6.45, 7) is 4.89. The lowest BCUT2D eigenvalue weighted by molar-refractivity contribution is -0.135. The molecule has 1 aromatic carbocycles. The van der Waals surface area contributed by atoms with Gasteiger partial charge < -0.3 is 10.6 Å². The van der Waals surface area contributed by atoms with Crippen LogP contribution in [0.2, 0.25) is 0 Å². The van der Waals surface area contributed by atoms with Gasteiger partial charge >= 0.3 is 0 Å². The average molecular weight is 300 g/mol. The molecule has 1 amide bonds. The number of amides is 1. The first-order chi connectivity index (χ1) is 10.1. The zero-order chi connectivity index (χ0) is 15.0. The molecule has 2 atom stereocenters. The number of nitrogens with zero attached hydrogens (tertiary/aromatic N) is 1. The van der Waals surface area contributed by atoms with Crippen LogP contribution >= 0.6 is 11.3 Å². The van der Waals surface area contributed by atoms with Gasteiger partial charge in [-0.3, -0.25) is 4.79 Å². The number of nitrogen functional groups attached to an aromatic ring is 1. The van der Waals surface area contributed by atoms with E-state index in [1.165, 1.54) is 10.4 Å². The molecule has 0 radical (unpaired) electrons. The molecule has 0 fully saturated rings. The Kier molecular flexibility index (Phi) is 3.72. The van der Waals surface area contributed by atoms with Crippen molar-refractivity contribution in [1.29, 1.82) is 0 Å². The van der Waals surface area contributed by atoms with Gasteiger partial charge in [-0.05, 0) is 55.0 Å². The van der Waals surface area contributed by atoms with Gasteiger partial charge in [0.15, 0.2) is 0 Å². The monoisotopic (exact) mass is 300 g/mol. The highest BCUT2D eigenvalue weighted by molar-refractivity contribution is 7.10. The number of carbonyl (C=O) groups excluding carboxylic acids is 1. The number of hydrogen-bond acceptors (Lipinski definition) is 3. The van der Waals surface area contributed by atoms with Crippen LogP contribution in [0, 0.1) is 0 Å². The molecule has 2 N–H and O–H groups in total. The average Bonchev–Trinajstić information content (AvgIpc) is 2.95. The molecular formula is C17H20N2OS. The van der Waals surface area contributed by atoms with Crippen molar-refractivity contribution >= 4 is 22.9 Å². The zero-order valence-corrected chi connectivity index (χ0v) is 13.2. The summed E-state index contributed by atoms with van der Waals surface area (Å²) in [5, 5.41) is 2.12. The minimum absolute atomic E-state index is 0.156. The van der Waals surface area contributed by atoms with Crippen LogP contribution in [0.5, 0.6) is 0 Å². The number of hydrogen-bond donors (Lipinski definition) is 1. The fraction of sp³-hybridized carbons (Fsp3) is 0.353. The molecule has 1 aromatic heterocycles. The molecule has 0 aliphatic carbocycles. The molecule has 2 aromatic rings. The Morgan fingerprint density at radius 1 is 1.43 bits per heavy atom. The van der Waals surface area contributed by atoms with E-state index in [1.807, 2.05) is 36.1 Å². The number of benzene rings is 1. The third kappa shape index (κ3) is 2.56. The van der Waals surface area contributed by atoms with Gasteiger partial charge in [-0.25, -0.2) is 0 Å². The third-order valence-electron chi connectivity index (χ3n) is 4.34. The third-order valence-corrected chi connectivity index (χ3v) is 5.34. The van der Waals surface area contributed by atoms with Crippen molar-refractivity contribution in [1.82, 2.24) is 4.90 Å². The smallest absolute Gasteiger partial charge is 0.230 e. The molecular weight excluding hydrogens is 280 g/mol. The highest BCUT2D eigenvalue weighted by Crippen LogP contribution is 2.34. The van der Waals surface area contributed by atoms with Crippen molar-refractivity contribution < 1.29 is 4.79 Å². The Bertz CT molecular complexity index is 664. The molecule has 2 unspecified atom stereocenters. The first-order valence-electron chi connectivity index (χ1n) is 7.30. The van der Waals surface area contributed by atoms with Crippen molar-refractivity contribution in [3.8, 4) is 0 Å². The summed E-state index contributed by atoms with van der Waals surface area (Å²) in [6.07, 6.45) is 0.965. The molecule has 0 spiro atoms. The van der Waals surface area contributed by atoms with Crippen molar-refractivity contribution in [2.45, 2.75) is 32.2 Å². The van der Waals surface area contributed by atoms with Gasteiger partial charge in [0, 0.05) is 17.1 Å². The number of fused-ring (bicyclic) bond motifs is 1. The number of rotatable bonds is 2. The molecule has 1 aliphatic rings. The minimum atomic E-state index is -0.156. The maximum atomic E-state index is 12.8. The molecule has 21 heavy (non-hydrogen) atoms. The lowest BCUT2D eigenvalue weighted by atomic mass is 9.95. The summed E-state index contributed by atoms with van der Waals surface area (Å²) in [5.74, 6) is 0.0288. The largest absolute Gasteiger partial charge is 0.399 e. The van der Waals surface area contributed by atoms with Crippen LogP contribution in [0.3, 0.4) is 0 Å². The summed E-state index contributed by atoms with van der Waals surface area (Å²) in [6, 6.07) is 9.94. The summed E-state index contributed by atoms with van der Waals surface area (Å²) in [7, 11) is 0. The number of thiophene rings is 1. The number of anilines is 1. The number of carbonyl (C=O) groups is 1. The molecule has 0 saturated heterocycles. The first kappa shape index (κ1) is 14.1. The quantitative estimate of drug-likeness (QED) is 0.862. The lowest BCUT2D eigenvalue weighted by Crippen LogP contribution is -2.40. The van der Waals surface area contributed by atoms with Crippen LogP contribution in [0.4, 0.5) is 5.69 Å². The zero-order valence-electron chi connectivity index (χ0n) is 12.4. The molecule has 110 valence electrons. The van der Waals surface area contributed by atoms with Gasteiger partial charge in [-0.2, -0.15) is 0 Å². The van der Waals surface area contributed by atoms with E-state index in [1.54, 1.807) is 11.3 Å². The minimum Gasteiger partial charge on any atom is -0.399 e. The molecule has 3 rings (SSSR count). The van der Waals surface area contributed by atoms with E-state index in [2.05, 4.69) is 18.4 Å². The van der Waals surface area contributed by atoms with E-state index >= 15 is 0 Å². The highest BCUT2D eigenvalue weighted by atomic mass is 32.1. The Hall–Kier alpha value is -1.81. The molecule has 3 nitrogen and oxygen atoms in total. The van der Waals surface area contributed by atoms with E-state index in [0.29, 0.717) is 5.69 Å². The second-order valence-electron chi connectivity index (χ2n) is 5.65. The fourth-order valence-corrected chi connectivity index (χ4v) is 3.99. The van der Waals surface area contributed by atoms with Crippen LogP contribution in [-0.4, -0.2) is 17.4 Å². The van der Waals surface area contributed by atoms with Gasteiger partial charge in [0.05, 0.1) is 12.0 Å². The Balaban J connectivity index is 1.83.